The summed E-state index contributed by atoms with van der Waals surface area (Å²) in [6, 6.07) is 5.30. The summed E-state index contributed by atoms with van der Waals surface area (Å²) < 4.78 is 1.75. The highest BCUT2D eigenvalue weighted by molar-refractivity contribution is 6.05. The normalized spacial score (nSPS) is 10.3. The summed E-state index contributed by atoms with van der Waals surface area (Å²) in [5, 5.41) is 6.90. The number of nitrogens with two attached hydrogens (primary N) is 1. The van der Waals surface area contributed by atoms with Crippen LogP contribution in [0.3, 0.4) is 0 Å². The van der Waals surface area contributed by atoms with Crippen molar-refractivity contribution in [2.75, 3.05) is 11.1 Å². The molecule has 0 atom stereocenters. The molecular weight excluding hydrogens is 228 g/mol. The predicted molar refractivity (Wildman–Crippen MR) is 71.4 cm³/mol. The number of anilines is 2. The van der Waals surface area contributed by atoms with Crippen LogP contribution in [-0.2, 0) is 6.54 Å². The molecule has 1 amide bonds. The van der Waals surface area contributed by atoms with Crippen LogP contribution in [0, 0.1) is 6.92 Å². The second-order valence-electron chi connectivity index (χ2n) is 4.06. The molecule has 0 radical (unpaired) electrons. The number of nitrogens with zero attached hydrogens (tertiary/aromatic N) is 2. The molecular formula is C13H16N4O. The highest BCUT2D eigenvalue weighted by Crippen LogP contribution is 2.17. The molecule has 1 aromatic heterocycles. The molecule has 0 saturated heterocycles. The third-order valence-electron chi connectivity index (χ3n) is 2.84. The van der Waals surface area contributed by atoms with E-state index in [0.29, 0.717) is 16.9 Å². The average Bonchev–Trinajstić information content (AvgIpc) is 2.80. The molecule has 2 rings (SSSR count). The minimum absolute atomic E-state index is 0.171. The molecule has 0 aliphatic rings. The highest BCUT2D eigenvalue weighted by atomic mass is 16.1. The number of nitrogens with one attached hydrogen (secondary N) is 1. The summed E-state index contributed by atoms with van der Waals surface area (Å²) in [6.45, 7) is 4.59. The third-order valence-corrected chi connectivity index (χ3v) is 2.84. The summed E-state index contributed by atoms with van der Waals surface area (Å²) in [5.74, 6) is -0.171. The van der Waals surface area contributed by atoms with Crippen LogP contribution in [0.25, 0.3) is 0 Å². The molecule has 0 spiro atoms. The van der Waals surface area contributed by atoms with Crippen molar-refractivity contribution in [3.63, 3.8) is 0 Å². The van der Waals surface area contributed by atoms with Gasteiger partial charge in [-0.15, -0.1) is 0 Å². The zero-order valence-corrected chi connectivity index (χ0v) is 10.5. The Morgan fingerprint density at radius 2 is 2.28 bits per heavy atom. The van der Waals surface area contributed by atoms with Crippen LogP contribution in [0.5, 0.6) is 0 Å². The summed E-state index contributed by atoms with van der Waals surface area (Å²) in [7, 11) is 0. The monoisotopic (exact) mass is 244 g/mol. The first-order valence-corrected chi connectivity index (χ1v) is 5.80. The summed E-state index contributed by atoms with van der Waals surface area (Å²) in [4.78, 5) is 12.1. The number of nitrogen functional groups attached to an aromatic ring is 1. The lowest BCUT2D eigenvalue weighted by atomic mass is 10.1. The van der Waals surface area contributed by atoms with E-state index in [-0.39, 0.29) is 5.91 Å². The van der Waals surface area contributed by atoms with E-state index in [1.165, 1.54) is 0 Å². The van der Waals surface area contributed by atoms with E-state index in [1.807, 2.05) is 13.8 Å². The molecule has 3 N–H and O–H groups in total. The Labute approximate surface area is 106 Å². The second kappa shape index (κ2) is 4.91. The predicted octanol–water partition coefficient (Wildman–Crippen LogP) is 2.05. The SMILES string of the molecule is CCn1cc(NC(=O)c2cccc(N)c2C)cn1. The lowest BCUT2D eigenvalue weighted by Gasteiger charge is -2.07. The van der Waals surface area contributed by atoms with Crippen molar-refractivity contribution in [3.05, 3.63) is 41.7 Å². The molecule has 0 aliphatic carbocycles. The van der Waals surface area contributed by atoms with Crippen molar-refractivity contribution in [1.82, 2.24) is 9.78 Å². The van der Waals surface area contributed by atoms with E-state index in [1.54, 1.807) is 35.3 Å². The first-order valence-electron chi connectivity index (χ1n) is 5.80. The van der Waals surface area contributed by atoms with Crippen molar-refractivity contribution in [2.24, 2.45) is 0 Å². The smallest absolute Gasteiger partial charge is 0.256 e. The van der Waals surface area contributed by atoms with Gasteiger partial charge in [-0.25, -0.2) is 0 Å². The number of rotatable bonds is 3. The largest absolute Gasteiger partial charge is 0.398 e. The van der Waals surface area contributed by atoms with Gasteiger partial charge in [-0.3, -0.25) is 9.48 Å². The quantitative estimate of drug-likeness (QED) is 0.811. The maximum Gasteiger partial charge on any atom is 0.256 e. The minimum atomic E-state index is -0.171. The summed E-state index contributed by atoms with van der Waals surface area (Å²) in [5.41, 5.74) is 8.45. The van der Waals surface area contributed by atoms with Gasteiger partial charge < -0.3 is 11.1 Å². The zero-order valence-electron chi connectivity index (χ0n) is 10.5. The van der Waals surface area contributed by atoms with E-state index in [2.05, 4.69) is 10.4 Å². The van der Waals surface area contributed by atoms with Crippen molar-refractivity contribution in [2.45, 2.75) is 20.4 Å². The van der Waals surface area contributed by atoms with Gasteiger partial charge in [0.25, 0.3) is 5.91 Å². The Kier molecular flexibility index (Phi) is 3.32. The zero-order chi connectivity index (χ0) is 13.1. The Balaban J connectivity index is 2.19. The number of hydrogen-bond donors (Lipinski definition) is 2. The van der Waals surface area contributed by atoms with E-state index in [9.17, 15) is 4.79 Å². The lowest BCUT2D eigenvalue weighted by molar-refractivity contribution is 0.102. The van der Waals surface area contributed by atoms with Crippen LogP contribution in [0.1, 0.15) is 22.8 Å². The summed E-state index contributed by atoms with van der Waals surface area (Å²) in [6.07, 6.45) is 3.42. The fraction of sp³-hybridized carbons (Fsp3) is 0.231. The van der Waals surface area contributed by atoms with Gasteiger partial charge in [-0.2, -0.15) is 5.10 Å². The molecule has 5 nitrogen and oxygen atoms in total. The summed E-state index contributed by atoms with van der Waals surface area (Å²) >= 11 is 0. The number of benzene rings is 1. The number of carbonyl (C=O) groups excluding carboxylic acids is 1. The average molecular weight is 244 g/mol. The van der Waals surface area contributed by atoms with Gasteiger partial charge in [-0.05, 0) is 31.5 Å². The van der Waals surface area contributed by atoms with Crippen molar-refractivity contribution in [3.8, 4) is 0 Å². The molecule has 18 heavy (non-hydrogen) atoms. The molecule has 2 aromatic rings. The van der Waals surface area contributed by atoms with Crippen molar-refractivity contribution < 1.29 is 4.79 Å². The highest BCUT2D eigenvalue weighted by Gasteiger charge is 2.11. The Morgan fingerprint density at radius 3 is 2.94 bits per heavy atom. The van der Waals surface area contributed by atoms with Gasteiger partial charge in [0.15, 0.2) is 0 Å². The molecule has 0 bridgehead atoms. The molecule has 0 fully saturated rings. The van der Waals surface area contributed by atoms with Crippen LogP contribution >= 0.6 is 0 Å². The van der Waals surface area contributed by atoms with E-state index in [0.717, 1.165) is 12.1 Å². The number of amides is 1. The molecule has 1 heterocycles. The third kappa shape index (κ3) is 2.34. The van der Waals surface area contributed by atoms with Gasteiger partial charge in [0.2, 0.25) is 0 Å². The second-order valence-corrected chi connectivity index (χ2v) is 4.06. The minimum Gasteiger partial charge on any atom is -0.398 e. The number of aryl methyl sites for hydroxylation is 1. The van der Waals surface area contributed by atoms with Crippen molar-refractivity contribution in [1.29, 1.82) is 0 Å². The maximum absolute atomic E-state index is 12.1. The molecule has 0 saturated carbocycles. The first-order chi connectivity index (χ1) is 8.61. The molecule has 1 aromatic carbocycles. The maximum atomic E-state index is 12.1. The van der Waals surface area contributed by atoms with Crippen molar-refractivity contribution >= 4 is 17.3 Å². The molecule has 0 aliphatic heterocycles. The van der Waals surface area contributed by atoms with E-state index in [4.69, 9.17) is 5.73 Å². The van der Waals surface area contributed by atoms with Crippen LogP contribution in [0.2, 0.25) is 0 Å². The van der Waals surface area contributed by atoms with Gasteiger partial charge >= 0.3 is 0 Å². The fourth-order valence-corrected chi connectivity index (χ4v) is 1.70. The van der Waals surface area contributed by atoms with E-state index < -0.39 is 0 Å². The van der Waals surface area contributed by atoms with Gasteiger partial charge in [0.05, 0.1) is 11.9 Å². The number of aromatic nitrogens is 2. The number of carbonyl (C=O) groups is 1. The standard InChI is InChI=1S/C13H16N4O/c1-3-17-8-10(7-15-17)16-13(18)11-5-4-6-12(14)9(11)2/h4-8H,3,14H2,1-2H3,(H,16,18). The Hall–Kier alpha value is -2.30. The fourth-order valence-electron chi connectivity index (χ4n) is 1.70. The topological polar surface area (TPSA) is 72.9 Å². The van der Waals surface area contributed by atoms with Gasteiger partial charge in [-0.1, -0.05) is 6.07 Å². The Bertz CT molecular complexity index is 574. The van der Waals surface area contributed by atoms with E-state index >= 15 is 0 Å². The van der Waals surface area contributed by atoms with Gasteiger partial charge in [0.1, 0.15) is 0 Å². The van der Waals surface area contributed by atoms with Gasteiger partial charge in [0, 0.05) is 24.0 Å². The van der Waals surface area contributed by atoms with Crippen LogP contribution in [0.15, 0.2) is 30.6 Å². The lowest BCUT2D eigenvalue weighted by Crippen LogP contribution is -2.13. The van der Waals surface area contributed by atoms with Crippen LogP contribution in [0.4, 0.5) is 11.4 Å². The molecule has 5 heteroatoms. The molecule has 94 valence electrons. The molecule has 0 unspecified atom stereocenters. The number of hydrogen-bond acceptors (Lipinski definition) is 3. The van der Waals surface area contributed by atoms with Crippen LogP contribution < -0.4 is 11.1 Å². The Morgan fingerprint density at radius 1 is 1.50 bits per heavy atom. The van der Waals surface area contributed by atoms with Crippen LogP contribution in [-0.4, -0.2) is 15.7 Å². The first kappa shape index (κ1) is 12.2.